The number of nitrogens with zero attached hydrogens (tertiary/aromatic N) is 3. The Hall–Kier alpha value is -1.83. The number of carbonyl (C=O) groups is 2. The molecule has 0 aliphatic carbocycles. The third-order valence-corrected chi connectivity index (χ3v) is 5.43. The van der Waals surface area contributed by atoms with Crippen LogP contribution in [-0.2, 0) is 16.1 Å². The highest BCUT2D eigenvalue weighted by molar-refractivity contribution is 7.99. The van der Waals surface area contributed by atoms with Gasteiger partial charge in [-0.3, -0.25) is 19.0 Å². The van der Waals surface area contributed by atoms with Crippen LogP contribution >= 0.6 is 11.8 Å². The lowest BCUT2D eigenvalue weighted by Crippen LogP contribution is -2.47. The summed E-state index contributed by atoms with van der Waals surface area (Å²) in [5.74, 6) is 0.0518. The lowest BCUT2D eigenvalue weighted by Gasteiger charge is -2.34. The molecule has 1 saturated heterocycles. The van der Waals surface area contributed by atoms with Crippen LogP contribution in [0.3, 0.4) is 0 Å². The molecule has 118 valence electrons. The van der Waals surface area contributed by atoms with Gasteiger partial charge in [0, 0.05) is 43.6 Å². The molecule has 1 aromatic rings. The molecule has 22 heavy (non-hydrogen) atoms. The van der Waals surface area contributed by atoms with Crippen LogP contribution in [0.1, 0.15) is 12.8 Å². The highest BCUT2D eigenvalue weighted by atomic mass is 32.2. The fraction of sp³-hybridized carbons (Fsp3) is 0.571. The first-order valence-electron chi connectivity index (χ1n) is 7.33. The van der Waals surface area contributed by atoms with E-state index >= 15 is 0 Å². The number of hydrogen-bond acceptors (Lipinski definition) is 5. The smallest absolute Gasteiger partial charge is 0.254 e. The molecule has 2 N–H and O–H groups in total. The SMILES string of the molecule is NC(=O)C1CCN(C(=O)C2CSc3nccc(=O)n3C2)CC1. The van der Waals surface area contributed by atoms with Crippen molar-refractivity contribution in [3.05, 3.63) is 22.6 Å². The van der Waals surface area contributed by atoms with Crippen molar-refractivity contribution in [1.29, 1.82) is 0 Å². The van der Waals surface area contributed by atoms with Gasteiger partial charge in [0.15, 0.2) is 5.16 Å². The van der Waals surface area contributed by atoms with Crippen molar-refractivity contribution in [2.75, 3.05) is 18.8 Å². The Bertz CT molecular complexity index is 652. The van der Waals surface area contributed by atoms with Gasteiger partial charge in [0.2, 0.25) is 11.8 Å². The van der Waals surface area contributed by atoms with Gasteiger partial charge in [0.1, 0.15) is 0 Å². The van der Waals surface area contributed by atoms with Crippen LogP contribution in [0.2, 0.25) is 0 Å². The van der Waals surface area contributed by atoms with Crippen molar-refractivity contribution < 1.29 is 9.59 Å². The maximum absolute atomic E-state index is 12.6. The van der Waals surface area contributed by atoms with E-state index in [0.29, 0.717) is 43.4 Å². The van der Waals surface area contributed by atoms with E-state index in [9.17, 15) is 14.4 Å². The van der Waals surface area contributed by atoms with E-state index in [4.69, 9.17) is 5.73 Å². The first-order valence-corrected chi connectivity index (χ1v) is 8.31. The van der Waals surface area contributed by atoms with Gasteiger partial charge in [-0.1, -0.05) is 11.8 Å². The zero-order chi connectivity index (χ0) is 15.7. The molecule has 0 spiro atoms. The van der Waals surface area contributed by atoms with Crippen LogP contribution in [0, 0.1) is 11.8 Å². The molecule has 0 radical (unpaired) electrons. The minimum atomic E-state index is -0.285. The van der Waals surface area contributed by atoms with Crippen LogP contribution in [0.5, 0.6) is 0 Å². The number of carbonyl (C=O) groups excluding carboxylic acids is 2. The highest BCUT2D eigenvalue weighted by Gasteiger charge is 2.32. The predicted molar refractivity (Wildman–Crippen MR) is 81.2 cm³/mol. The maximum Gasteiger partial charge on any atom is 0.254 e. The van der Waals surface area contributed by atoms with Crippen molar-refractivity contribution >= 4 is 23.6 Å². The molecule has 1 unspecified atom stereocenters. The van der Waals surface area contributed by atoms with Gasteiger partial charge >= 0.3 is 0 Å². The average Bonchev–Trinajstić information content (AvgIpc) is 2.54. The Balaban J connectivity index is 1.66. The second-order valence-corrected chi connectivity index (χ2v) is 6.67. The average molecular weight is 322 g/mol. The molecule has 3 rings (SSSR count). The van der Waals surface area contributed by atoms with Crippen LogP contribution in [0.15, 0.2) is 22.2 Å². The number of primary amides is 1. The number of hydrogen-bond donors (Lipinski definition) is 1. The fourth-order valence-corrected chi connectivity index (χ4v) is 4.00. The van der Waals surface area contributed by atoms with E-state index in [1.165, 1.54) is 24.0 Å². The zero-order valence-corrected chi connectivity index (χ0v) is 12.9. The van der Waals surface area contributed by atoms with E-state index in [2.05, 4.69) is 4.98 Å². The largest absolute Gasteiger partial charge is 0.369 e. The third-order valence-electron chi connectivity index (χ3n) is 4.27. The Morgan fingerprint density at radius 1 is 1.27 bits per heavy atom. The number of amides is 2. The molecule has 1 aromatic heterocycles. The molecule has 2 amide bonds. The first kappa shape index (κ1) is 15.1. The maximum atomic E-state index is 12.6. The van der Waals surface area contributed by atoms with Gasteiger partial charge in [-0.05, 0) is 12.8 Å². The lowest BCUT2D eigenvalue weighted by atomic mass is 9.95. The second-order valence-electron chi connectivity index (χ2n) is 5.69. The Morgan fingerprint density at radius 3 is 2.68 bits per heavy atom. The van der Waals surface area contributed by atoms with Crippen molar-refractivity contribution in [2.45, 2.75) is 24.5 Å². The molecular formula is C14H18N4O3S. The van der Waals surface area contributed by atoms with Gasteiger partial charge < -0.3 is 10.6 Å². The number of aromatic nitrogens is 2. The van der Waals surface area contributed by atoms with Crippen molar-refractivity contribution in [1.82, 2.24) is 14.5 Å². The quantitative estimate of drug-likeness (QED) is 0.753. The summed E-state index contributed by atoms with van der Waals surface area (Å²) in [6.45, 7) is 1.49. The van der Waals surface area contributed by atoms with Crippen LogP contribution in [0.4, 0.5) is 0 Å². The molecule has 0 saturated carbocycles. The van der Waals surface area contributed by atoms with Crippen LogP contribution in [0.25, 0.3) is 0 Å². The van der Waals surface area contributed by atoms with E-state index in [1.54, 1.807) is 9.47 Å². The highest BCUT2D eigenvalue weighted by Crippen LogP contribution is 2.27. The van der Waals surface area contributed by atoms with Crippen molar-refractivity contribution in [2.24, 2.45) is 17.6 Å². The van der Waals surface area contributed by atoms with E-state index < -0.39 is 0 Å². The summed E-state index contributed by atoms with van der Waals surface area (Å²) >= 11 is 1.44. The van der Waals surface area contributed by atoms with E-state index in [-0.39, 0.29) is 29.2 Å². The summed E-state index contributed by atoms with van der Waals surface area (Å²) in [7, 11) is 0. The summed E-state index contributed by atoms with van der Waals surface area (Å²) in [6.07, 6.45) is 2.75. The number of likely N-dealkylation sites (tertiary alicyclic amines) is 1. The topological polar surface area (TPSA) is 98.3 Å². The minimum absolute atomic E-state index is 0.0526. The number of rotatable bonds is 2. The fourth-order valence-electron chi connectivity index (χ4n) is 2.94. The number of piperidine rings is 1. The molecule has 0 aromatic carbocycles. The Kier molecular flexibility index (Phi) is 4.19. The predicted octanol–water partition coefficient (Wildman–Crippen LogP) is -0.311. The van der Waals surface area contributed by atoms with Gasteiger partial charge in [-0.2, -0.15) is 0 Å². The first-order chi connectivity index (χ1) is 10.6. The Labute approximate surface area is 131 Å². The zero-order valence-electron chi connectivity index (χ0n) is 12.1. The molecule has 2 aliphatic rings. The monoisotopic (exact) mass is 322 g/mol. The van der Waals surface area contributed by atoms with Gasteiger partial charge in [0.25, 0.3) is 5.56 Å². The summed E-state index contributed by atoms with van der Waals surface area (Å²) in [4.78, 5) is 41.6. The van der Waals surface area contributed by atoms with Gasteiger partial charge in [-0.25, -0.2) is 4.98 Å². The molecule has 8 heteroatoms. The summed E-state index contributed by atoms with van der Waals surface area (Å²) in [5, 5.41) is 0.670. The summed E-state index contributed by atoms with van der Waals surface area (Å²) in [5.41, 5.74) is 5.19. The normalized spacial score (nSPS) is 22.2. The molecule has 1 atom stereocenters. The number of nitrogens with two attached hydrogens (primary N) is 1. The van der Waals surface area contributed by atoms with Crippen molar-refractivity contribution in [3.8, 4) is 0 Å². The Morgan fingerprint density at radius 2 is 2.00 bits per heavy atom. The second kappa shape index (κ2) is 6.12. The molecule has 0 bridgehead atoms. The van der Waals surface area contributed by atoms with Crippen LogP contribution < -0.4 is 11.3 Å². The molecule has 2 aliphatic heterocycles. The molecule has 1 fully saturated rings. The third kappa shape index (κ3) is 2.87. The molecule has 7 nitrogen and oxygen atoms in total. The van der Waals surface area contributed by atoms with E-state index in [1.807, 2.05) is 0 Å². The number of fused-ring (bicyclic) bond motifs is 1. The summed E-state index contributed by atoms with van der Waals surface area (Å²) < 4.78 is 1.56. The molecule has 3 heterocycles. The van der Waals surface area contributed by atoms with Gasteiger partial charge in [0.05, 0.1) is 5.92 Å². The lowest BCUT2D eigenvalue weighted by molar-refractivity contribution is -0.138. The standard InChI is InChI=1S/C14H18N4O3S/c15-12(20)9-2-5-17(6-3-9)13(21)10-7-18-11(19)1-4-16-14(18)22-8-10/h1,4,9-10H,2-3,5-8H2,(H2,15,20). The van der Waals surface area contributed by atoms with Crippen molar-refractivity contribution in [3.63, 3.8) is 0 Å². The molecular weight excluding hydrogens is 304 g/mol. The minimum Gasteiger partial charge on any atom is -0.369 e. The summed E-state index contributed by atoms with van der Waals surface area (Å²) in [6, 6.07) is 1.41. The van der Waals surface area contributed by atoms with E-state index in [0.717, 1.165) is 0 Å². The van der Waals surface area contributed by atoms with Crippen LogP contribution in [-0.4, -0.2) is 45.1 Å². The number of thioether (sulfide) groups is 1. The van der Waals surface area contributed by atoms with Gasteiger partial charge in [-0.15, -0.1) is 0 Å².